The Hall–Kier alpha value is -2.02. The zero-order valence-electron chi connectivity index (χ0n) is 8.57. The first-order valence-electron chi connectivity index (χ1n) is 4.51. The predicted molar refractivity (Wildman–Crippen MR) is 54.0 cm³/mol. The summed E-state index contributed by atoms with van der Waals surface area (Å²) in [6.45, 7) is 3.52. The molecule has 0 aromatic heterocycles. The van der Waals surface area contributed by atoms with Crippen LogP contribution in [-0.2, 0) is 0 Å². The van der Waals surface area contributed by atoms with Gasteiger partial charge in [-0.25, -0.2) is 0 Å². The normalized spacial score (nSPS) is 9.40. The third-order valence-electron chi connectivity index (χ3n) is 1.90. The lowest BCUT2D eigenvalue weighted by molar-refractivity contribution is 0.101. The minimum atomic E-state index is -0.229. The summed E-state index contributed by atoms with van der Waals surface area (Å²) in [7, 11) is 0. The average molecular weight is 205 g/mol. The van der Waals surface area contributed by atoms with Crippen molar-refractivity contribution >= 4 is 5.78 Å². The second-order valence-electron chi connectivity index (χ2n) is 2.97. The Balaban J connectivity index is 3.32. The third kappa shape index (κ3) is 2.26. The highest BCUT2D eigenvalue weighted by Gasteiger charge is 2.12. The molecule has 4 heteroatoms. The molecule has 1 rings (SSSR count). The monoisotopic (exact) mass is 205 g/mol. The maximum atomic E-state index is 11.2. The largest absolute Gasteiger partial charge is 0.504 e. The smallest absolute Gasteiger partial charge is 0.161 e. The van der Waals surface area contributed by atoms with Crippen molar-refractivity contribution in [2.24, 2.45) is 0 Å². The van der Waals surface area contributed by atoms with Crippen LogP contribution >= 0.6 is 0 Å². The molecule has 1 aromatic carbocycles. The number of hydrogen-bond acceptors (Lipinski definition) is 4. The number of carbonyl (C=O) groups is 1. The molecule has 1 aromatic rings. The number of phenolic OH excluding ortho intramolecular Hbond substituents is 1. The molecule has 0 amide bonds. The lowest BCUT2D eigenvalue weighted by Crippen LogP contribution is -1.99. The summed E-state index contributed by atoms with van der Waals surface area (Å²) in [6.07, 6.45) is 0. The van der Waals surface area contributed by atoms with E-state index in [-0.39, 0.29) is 28.4 Å². The fourth-order valence-corrected chi connectivity index (χ4v) is 1.22. The zero-order valence-corrected chi connectivity index (χ0v) is 8.57. The number of benzene rings is 1. The van der Waals surface area contributed by atoms with Gasteiger partial charge in [0.2, 0.25) is 0 Å². The van der Waals surface area contributed by atoms with E-state index in [9.17, 15) is 9.90 Å². The molecule has 0 aliphatic heterocycles. The fourth-order valence-electron chi connectivity index (χ4n) is 1.22. The quantitative estimate of drug-likeness (QED) is 0.764. The average Bonchev–Trinajstić information content (AvgIpc) is 2.20. The van der Waals surface area contributed by atoms with Gasteiger partial charge in [-0.1, -0.05) is 0 Å². The summed E-state index contributed by atoms with van der Waals surface area (Å²) in [5.41, 5.74) is 0.419. The van der Waals surface area contributed by atoms with Crippen LogP contribution < -0.4 is 4.74 Å². The van der Waals surface area contributed by atoms with Gasteiger partial charge in [-0.05, 0) is 19.9 Å². The zero-order chi connectivity index (χ0) is 11.4. The number of rotatable bonds is 3. The number of carbonyl (C=O) groups excluding carboxylic acids is 1. The molecular weight excluding hydrogens is 194 g/mol. The van der Waals surface area contributed by atoms with Gasteiger partial charge in [0.05, 0.1) is 12.2 Å². The Morgan fingerprint density at radius 3 is 2.73 bits per heavy atom. The van der Waals surface area contributed by atoms with Gasteiger partial charge in [0.25, 0.3) is 0 Å². The van der Waals surface area contributed by atoms with Gasteiger partial charge >= 0.3 is 0 Å². The predicted octanol–water partition coefficient (Wildman–Crippen LogP) is 1.87. The summed E-state index contributed by atoms with van der Waals surface area (Å²) < 4.78 is 5.12. The lowest BCUT2D eigenvalue weighted by atomic mass is 10.0. The minimum Gasteiger partial charge on any atom is -0.504 e. The Kier molecular flexibility index (Phi) is 3.29. The van der Waals surface area contributed by atoms with E-state index >= 15 is 0 Å². The van der Waals surface area contributed by atoms with Crippen LogP contribution in [0.15, 0.2) is 12.1 Å². The second kappa shape index (κ2) is 4.47. The number of Topliss-reactive ketones (excluding diaryl/α,β-unsaturated/α-hetero) is 1. The van der Waals surface area contributed by atoms with Crippen LogP contribution in [0.1, 0.15) is 29.8 Å². The molecule has 0 saturated carbocycles. The van der Waals surface area contributed by atoms with Crippen molar-refractivity contribution in [2.75, 3.05) is 6.61 Å². The standard InChI is InChI=1S/C11H11NO3/c1-3-15-11-5-9(7(2)13)8(6-12)4-10(11)14/h4-5,14H,3H2,1-2H3. The van der Waals surface area contributed by atoms with Crippen LogP contribution in [-0.4, -0.2) is 17.5 Å². The van der Waals surface area contributed by atoms with E-state index in [1.807, 2.05) is 6.07 Å². The van der Waals surface area contributed by atoms with Gasteiger partial charge in [0, 0.05) is 11.6 Å². The summed E-state index contributed by atoms with van der Waals surface area (Å²) in [6, 6.07) is 4.48. The summed E-state index contributed by atoms with van der Waals surface area (Å²) in [5.74, 6) is -0.132. The molecule has 0 bridgehead atoms. The molecule has 4 nitrogen and oxygen atoms in total. The van der Waals surface area contributed by atoms with Gasteiger partial charge in [-0.3, -0.25) is 4.79 Å². The van der Waals surface area contributed by atoms with Gasteiger partial charge in [-0.2, -0.15) is 5.26 Å². The Labute approximate surface area is 87.7 Å². The van der Waals surface area contributed by atoms with Gasteiger partial charge in [0.1, 0.15) is 6.07 Å². The molecule has 0 fully saturated rings. The molecule has 78 valence electrons. The van der Waals surface area contributed by atoms with Crippen molar-refractivity contribution in [2.45, 2.75) is 13.8 Å². The highest BCUT2D eigenvalue weighted by Crippen LogP contribution is 2.29. The van der Waals surface area contributed by atoms with E-state index in [1.54, 1.807) is 6.92 Å². The Morgan fingerprint density at radius 2 is 2.27 bits per heavy atom. The number of nitriles is 1. The fraction of sp³-hybridized carbons (Fsp3) is 0.273. The topological polar surface area (TPSA) is 70.3 Å². The highest BCUT2D eigenvalue weighted by molar-refractivity contribution is 5.97. The SMILES string of the molecule is CCOc1cc(C(C)=O)c(C#N)cc1O. The molecule has 0 spiro atoms. The number of ketones is 1. The van der Waals surface area contributed by atoms with Crippen molar-refractivity contribution in [3.8, 4) is 17.6 Å². The molecule has 0 heterocycles. The van der Waals surface area contributed by atoms with Crippen molar-refractivity contribution < 1.29 is 14.6 Å². The molecule has 0 aliphatic rings. The number of hydrogen-bond donors (Lipinski definition) is 1. The van der Waals surface area contributed by atoms with Crippen LogP contribution in [0, 0.1) is 11.3 Å². The van der Waals surface area contributed by atoms with Crippen molar-refractivity contribution in [3.05, 3.63) is 23.3 Å². The Morgan fingerprint density at radius 1 is 1.60 bits per heavy atom. The van der Waals surface area contributed by atoms with E-state index in [2.05, 4.69) is 0 Å². The maximum Gasteiger partial charge on any atom is 0.161 e. The van der Waals surface area contributed by atoms with Crippen molar-refractivity contribution in [3.63, 3.8) is 0 Å². The molecule has 0 radical (unpaired) electrons. The molecule has 1 N–H and O–H groups in total. The van der Waals surface area contributed by atoms with Crippen LogP contribution in [0.2, 0.25) is 0 Å². The maximum absolute atomic E-state index is 11.2. The first-order valence-corrected chi connectivity index (χ1v) is 4.51. The van der Waals surface area contributed by atoms with Crippen LogP contribution in [0.3, 0.4) is 0 Å². The van der Waals surface area contributed by atoms with Gasteiger partial charge in [0.15, 0.2) is 17.3 Å². The van der Waals surface area contributed by atoms with Gasteiger partial charge in [-0.15, -0.1) is 0 Å². The first-order chi connectivity index (χ1) is 7.10. The third-order valence-corrected chi connectivity index (χ3v) is 1.90. The Bertz CT molecular complexity index is 432. The minimum absolute atomic E-state index is 0.126. The number of nitrogens with zero attached hydrogens (tertiary/aromatic N) is 1. The molecule has 0 atom stereocenters. The van der Waals surface area contributed by atoms with Crippen molar-refractivity contribution in [1.29, 1.82) is 5.26 Å². The number of aromatic hydroxyl groups is 1. The number of ether oxygens (including phenoxy) is 1. The highest BCUT2D eigenvalue weighted by atomic mass is 16.5. The summed E-state index contributed by atoms with van der Waals surface area (Å²) in [5, 5.41) is 18.2. The molecule has 0 saturated heterocycles. The first kappa shape index (κ1) is 11.1. The summed E-state index contributed by atoms with van der Waals surface area (Å²) in [4.78, 5) is 11.2. The van der Waals surface area contributed by atoms with Crippen LogP contribution in [0.4, 0.5) is 0 Å². The lowest BCUT2D eigenvalue weighted by Gasteiger charge is -2.08. The van der Waals surface area contributed by atoms with Crippen LogP contribution in [0.5, 0.6) is 11.5 Å². The second-order valence-corrected chi connectivity index (χ2v) is 2.97. The van der Waals surface area contributed by atoms with Crippen molar-refractivity contribution in [1.82, 2.24) is 0 Å². The molecule has 0 aliphatic carbocycles. The summed E-state index contributed by atoms with van der Waals surface area (Å²) >= 11 is 0. The van der Waals surface area contributed by atoms with Crippen LogP contribution in [0.25, 0.3) is 0 Å². The molecule has 0 unspecified atom stereocenters. The molecular formula is C11H11NO3. The van der Waals surface area contributed by atoms with E-state index < -0.39 is 0 Å². The van der Waals surface area contributed by atoms with E-state index in [1.165, 1.54) is 19.1 Å². The number of phenols is 1. The van der Waals surface area contributed by atoms with E-state index in [0.29, 0.717) is 6.61 Å². The molecule has 15 heavy (non-hydrogen) atoms. The van der Waals surface area contributed by atoms with E-state index in [4.69, 9.17) is 10.00 Å². The van der Waals surface area contributed by atoms with Gasteiger partial charge < -0.3 is 9.84 Å². The van der Waals surface area contributed by atoms with E-state index in [0.717, 1.165) is 0 Å².